The first-order chi connectivity index (χ1) is 9.15. The Bertz CT molecular complexity index is 571. The van der Waals surface area contributed by atoms with Crippen molar-refractivity contribution in [3.63, 3.8) is 0 Å². The highest BCUT2D eigenvalue weighted by Gasteiger charge is 2.26. The fourth-order valence-electron chi connectivity index (χ4n) is 1.52. The summed E-state index contributed by atoms with van der Waals surface area (Å²) in [6.07, 6.45) is -0.445. The number of ether oxygens (including phenoxy) is 1. The zero-order chi connectivity index (χ0) is 13.8. The molecule has 0 aliphatic rings. The lowest BCUT2D eigenvalue weighted by Gasteiger charge is -2.07. The van der Waals surface area contributed by atoms with Crippen molar-refractivity contribution in [2.24, 2.45) is 0 Å². The normalized spacial score (nSPS) is 10.7. The summed E-state index contributed by atoms with van der Waals surface area (Å²) < 4.78 is 31.8. The fraction of sp³-hybridized carbons (Fsp3) is 0.273. The molecule has 2 aromatic heterocycles. The second-order valence-electron chi connectivity index (χ2n) is 3.46. The van der Waals surface area contributed by atoms with Crippen LogP contribution < -0.4 is 0 Å². The molecule has 0 amide bonds. The summed E-state index contributed by atoms with van der Waals surface area (Å²) in [5, 5.41) is 11.0. The van der Waals surface area contributed by atoms with Gasteiger partial charge in [0, 0.05) is 6.20 Å². The molecule has 0 saturated carbocycles. The van der Waals surface area contributed by atoms with Gasteiger partial charge in [0.1, 0.15) is 11.3 Å². The Hall–Kier alpha value is -2.38. The summed E-state index contributed by atoms with van der Waals surface area (Å²) in [5.74, 6) is -0.735. The minimum absolute atomic E-state index is 0.0951. The molecule has 0 aliphatic carbocycles. The van der Waals surface area contributed by atoms with E-state index >= 15 is 0 Å². The highest BCUT2D eigenvalue weighted by molar-refractivity contribution is 5.90. The van der Waals surface area contributed by atoms with Crippen LogP contribution in [0.3, 0.4) is 0 Å². The number of rotatable bonds is 4. The molecule has 0 aliphatic heterocycles. The van der Waals surface area contributed by atoms with Crippen molar-refractivity contribution in [3.05, 3.63) is 35.8 Å². The third-order valence-electron chi connectivity index (χ3n) is 2.28. The van der Waals surface area contributed by atoms with Crippen LogP contribution in [0.4, 0.5) is 8.78 Å². The van der Waals surface area contributed by atoms with E-state index in [1.54, 1.807) is 6.92 Å². The van der Waals surface area contributed by atoms with Gasteiger partial charge in [0.15, 0.2) is 5.82 Å². The van der Waals surface area contributed by atoms with E-state index in [9.17, 15) is 13.6 Å². The molecular weight excluding hydrogens is 258 g/mol. The molecule has 2 heterocycles. The SMILES string of the molecule is CCOC(=O)c1cnn(-c2cccnn2)c1C(F)F. The quantitative estimate of drug-likeness (QED) is 0.790. The number of halogens is 2. The molecule has 0 fully saturated rings. The lowest BCUT2D eigenvalue weighted by molar-refractivity contribution is 0.0514. The third-order valence-corrected chi connectivity index (χ3v) is 2.28. The number of nitrogens with zero attached hydrogens (tertiary/aromatic N) is 4. The van der Waals surface area contributed by atoms with Gasteiger partial charge in [-0.15, -0.1) is 5.10 Å². The van der Waals surface area contributed by atoms with Gasteiger partial charge in [0.25, 0.3) is 6.43 Å². The smallest absolute Gasteiger partial charge is 0.341 e. The molecule has 0 saturated heterocycles. The van der Waals surface area contributed by atoms with E-state index in [1.165, 1.54) is 18.3 Å². The van der Waals surface area contributed by atoms with Gasteiger partial charge in [0.05, 0.1) is 12.8 Å². The van der Waals surface area contributed by atoms with Gasteiger partial charge in [-0.3, -0.25) is 0 Å². The van der Waals surface area contributed by atoms with E-state index < -0.39 is 18.1 Å². The average molecular weight is 268 g/mol. The molecule has 0 bridgehead atoms. The highest BCUT2D eigenvalue weighted by atomic mass is 19.3. The van der Waals surface area contributed by atoms with Crippen LogP contribution in [0.25, 0.3) is 5.82 Å². The second-order valence-corrected chi connectivity index (χ2v) is 3.46. The maximum absolute atomic E-state index is 13.1. The Labute approximate surface area is 107 Å². The number of esters is 1. The van der Waals surface area contributed by atoms with Gasteiger partial charge >= 0.3 is 5.97 Å². The molecule has 19 heavy (non-hydrogen) atoms. The molecule has 0 aromatic carbocycles. The standard InChI is InChI=1S/C11H10F2N4O2/c1-2-19-11(18)7-6-15-17(9(7)10(12)13)8-4-3-5-14-16-8/h3-6,10H,2H2,1H3. The van der Waals surface area contributed by atoms with Gasteiger partial charge in [-0.1, -0.05) is 0 Å². The minimum Gasteiger partial charge on any atom is -0.462 e. The number of carbonyl (C=O) groups excluding carboxylic acids is 1. The van der Waals surface area contributed by atoms with Crippen molar-refractivity contribution in [1.29, 1.82) is 0 Å². The van der Waals surface area contributed by atoms with E-state index in [4.69, 9.17) is 4.74 Å². The largest absolute Gasteiger partial charge is 0.462 e. The predicted molar refractivity (Wildman–Crippen MR) is 60.1 cm³/mol. The van der Waals surface area contributed by atoms with Gasteiger partial charge < -0.3 is 4.74 Å². The zero-order valence-corrected chi connectivity index (χ0v) is 9.96. The average Bonchev–Trinajstić information content (AvgIpc) is 2.85. The molecule has 100 valence electrons. The maximum atomic E-state index is 13.1. The molecule has 2 aromatic rings. The van der Waals surface area contributed by atoms with Crippen LogP contribution in [-0.2, 0) is 4.74 Å². The topological polar surface area (TPSA) is 69.9 Å². The minimum atomic E-state index is -2.89. The van der Waals surface area contributed by atoms with Crippen molar-refractivity contribution in [1.82, 2.24) is 20.0 Å². The summed E-state index contributed by atoms with van der Waals surface area (Å²) in [6.45, 7) is 1.69. The number of hydrogen-bond donors (Lipinski definition) is 0. The highest BCUT2D eigenvalue weighted by Crippen LogP contribution is 2.25. The van der Waals surface area contributed by atoms with Crippen LogP contribution in [0.1, 0.15) is 29.4 Å². The monoisotopic (exact) mass is 268 g/mol. The molecule has 0 N–H and O–H groups in total. The Morgan fingerprint density at radius 3 is 2.89 bits per heavy atom. The Morgan fingerprint density at radius 2 is 2.32 bits per heavy atom. The van der Waals surface area contributed by atoms with Crippen molar-refractivity contribution in [2.45, 2.75) is 13.3 Å². The van der Waals surface area contributed by atoms with Crippen molar-refractivity contribution in [2.75, 3.05) is 6.61 Å². The fourth-order valence-corrected chi connectivity index (χ4v) is 1.52. The first-order valence-electron chi connectivity index (χ1n) is 5.46. The van der Waals surface area contributed by atoms with Crippen LogP contribution in [0.2, 0.25) is 0 Å². The summed E-state index contributed by atoms with van der Waals surface area (Å²) in [5.41, 5.74) is -0.832. The van der Waals surface area contributed by atoms with Crippen molar-refractivity contribution in [3.8, 4) is 5.82 Å². The predicted octanol–water partition coefficient (Wildman–Crippen LogP) is 1.78. The summed E-state index contributed by atoms with van der Waals surface area (Å²) in [7, 11) is 0. The number of carbonyl (C=O) groups is 1. The first-order valence-corrected chi connectivity index (χ1v) is 5.46. The van der Waals surface area contributed by atoms with E-state index in [0.717, 1.165) is 10.9 Å². The second kappa shape index (κ2) is 5.51. The summed E-state index contributed by atoms with van der Waals surface area (Å²) in [4.78, 5) is 11.6. The zero-order valence-electron chi connectivity index (χ0n) is 9.96. The lowest BCUT2D eigenvalue weighted by Crippen LogP contribution is -2.11. The molecular formula is C11H10F2N4O2. The van der Waals surface area contributed by atoms with E-state index in [-0.39, 0.29) is 18.0 Å². The molecule has 0 radical (unpaired) electrons. The van der Waals surface area contributed by atoms with E-state index in [0.29, 0.717) is 0 Å². The summed E-state index contributed by atoms with van der Waals surface area (Å²) in [6, 6.07) is 2.99. The third kappa shape index (κ3) is 2.56. The number of hydrogen-bond acceptors (Lipinski definition) is 5. The van der Waals surface area contributed by atoms with Crippen LogP contribution in [-0.4, -0.2) is 32.6 Å². The van der Waals surface area contributed by atoms with E-state index in [2.05, 4.69) is 15.3 Å². The van der Waals surface area contributed by atoms with Crippen molar-refractivity contribution >= 4 is 5.97 Å². The van der Waals surface area contributed by atoms with Crippen LogP contribution in [0, 0.1) is 0 Å². The molecule has 6 nitrogen and oxygen atoms in total. The Balaban J connectivity index is 2.49. The lowest BCUT2D eigenvalue weighted by atomic mass is 10.2. The van der Waals surface area contributed by atoms with Gasteiger partial charge in [-0.2, -0.15) is 10.2 Å². The van der Waals surface area contributed by atoms with Gasteiger partial charge in [-0.05, 0) is 19.1 Å². The number of aromatic nitrogens is 4. The maximum Gasteiger partial charge on any atom is 0.341 e. The van der Waals surface area contributed by atoms with Crippen molar-refractivity contribution < 1.29 is 18.3 Å². The summed E-state index contributed by atoms with van der Waals surface area (Å²) >= 11 is 0. The number of alkyl halides is 2. The molecule has 8 heteroatoms. The van der Waals surface area contributed by atoms with Crippen LogP contribution >= 0.6 is 0 Å². The molecule has 2 rings (SSSR count). The Morgan fingerprint density at radius 1 is 1.53 bits per heavy atom. The first kappa shape index (κ1) is 13.1. The van der Waals surface area contributed by atoms with E-state index in [1.807, 2.05) is 0 Å². The van der Waals surface area contributed by atoms with Crippen LogP contribution in [0.15, 0.2) is 24.5 Å². The van der Waals surface area contributed by atoms with Crippen LogP contribution in [0.5, 0.6) is 0 Å². The Kier molecular flexibility index (Phi) is 3.79. The molecule has 0 spiro atoms. The van der Waals surface area contributed by atoms with Gasteiger partial charge in [0.2, 0.25) is 0 Å². The molecule has 0 atom stereocenters. The molecule has 0 unspecified atom stereocenters. The van der Waals surface area contributed by atoms with Gasteiger partial charge in [-0.25, -0.2) is 18.3 Å².